The molecule has 0 saturated carbocycles. The third-order valence-corrected chi connectivity index (χ3v) is 4.50. The topological polar surface area (TPSA) is 98.9 Å². The standard InChI is InChI=1S/C16H19BrN2O5/c1-23-16(22)10-4-5-13(12(17)7-10)24-9-14(20)19-6-2-3-11(8-19)15(18)21/h4-5,7,11H,2-3,6,8-9H2,1H3,(H2,18,21). The van der Waals surface area contributed by atoms with Crippen LogP contribution in [0.5, 0.6) is 5.75 Å². The summed E-state index contributed by atoms with van der Waals surface area (Å²) >= 11 is 3.30. The highest BCUT2D eigenvalue weighted by Crippen LogP contribution is 2.26. The third kappa shape index (κ3) is 4.47. The minimum atomic E-state index is -0.455. The average Bonchev–Trinajstić information content (AvgIpc) is 2.59. The summed E-state index contributed by atoms with van der Waals surface area (Å²) < 4.78 is 10.7. The molecular formula is C16H19BrN2O5. The molecule has 0 aromatic heterocycles. The molecule has 1 fully saturated rings. The highest BCUT2D eigenvalue weighted by Gasteiger charge is 2.27. The second kappa shape index (κ2) is 8.14. The summed E-state index contributed by atoms with van der Waals surface area (Å²) in [5.74, 6) is -0.892. The van der Waals surface area contributed by atoms with Crippen molar-refractivity contribution in [3.8, 4) is 5.75 Å². The van der Waals surface area contributed by atoms with E-state index in [2.05, 4.69) is 20.7 Å². The van der Waals surface area contributed by atoms with E-state index < -0.39 is 5.97 Å². The molecule has 0 spiro atoms. The number of halogens is 1. The Bertz CT molecular complexity index is 649. The van der Waals surface area contributed by atoms with Crippen molar-refractivity contribution in [3.05, 3.63) is 28.2 Å². The fourth-order valence-corrected chi connectivity index (χ4v) is 3.02. The van der Waals surface area contributed by atoms with Gasteiger partial charge in [-0.3, -0.25) is 9.59 Å². The van der Waals surface area contributed by atoms with E-state index in [9.17, 15) is 14.4 Å². The van der Waals surface area contributed by atoms with Crippen molar-refractivity contribution in [1.82, 2.24) is 4.90 Å². The quantitative estimate of drug-likeness (QED) is 0.754. The number of nitrogens with zero attached hydrogens (tertiary/aromatic N) is 1. The molecule has 1 aromatic rings. The lowest BCUT2D eigenvalue weighted by Gasteiger charge is -2.31. The van der Waals surface area contributed by atoms with Crippen LogP contribution in [0, 0.1) is 5.92 Å². The Kier molecular flexibility index (Phi) is 6.19. The smallest absolute Gasteiger partial charge is 0.337 e. The number of carbonyl (C=O) groups excluding carboxylic acids is 3. The molecule has 0 radical (unpaired) electrons. The van der Waals surface area contributed by atoms with Crippen LogP contribution >= 0.6 is 15.9 Å². The van der Waals surface area contributed by atoms with Crippen molar-refractivity contribution in [3.63, 3.8) is 0 Å². The molecule has 1 aliphatic heterocycles. The van der Waals surface area contributed by atoms with Gasteiger partial charge in [-0.25, -0.2) is 4.79 Å². The zero-order valence-corrected chi connectivity index (χ0v) is 14.9. The van der Waals surface area contributed by atoms with Gasteiger partial charge in [0.1, 0.15) is 5.75 Å². The number of primary amides is 1. The van der Waals surface area contributed by atoms with Crippen molar-refractivity contribution >= 4 is 33.7 Å². The molecule has 1 atom stereocenters. The van der Waals surface area contributed by atoms with Crippen LogP contribution in [0.3, 0.4) is 0 Å². The Morgan fingerprint density at radius 2 is 2.12 bits per heavy atom. The lowest BCUT2D eigenvalue weighted by molar-refractivity contribution is -0.136. The Hall–Kier alpha value is -2.09. The molecular weight excluding hydrogens is 380 g/mol. The third-order valence-electron chi connectivity index (χ3n) is 3.88. The van der Waals surface area contributed by atoms with Crippen molar-refractivity contribution in [2.75, 3.05) is 26.8 Å². The first-order valence-electron chi connectivity index (χ1n) is 7.50. The molecule has 2 amide bonds. The van der Waals surface area contributed by atoms with E-state index in [1.54, 1.807) is 23.1 Å². The van der Waals surface area contributed by atoms with Crippen LogP contribution in [0.2, 0.25) is 0 Å². The van der Waals surface area contributed by atoms with Gasteiger partial charge < -0.3 is 20.1 Å². The zero-order valence-electron chi connectivity index (χ0n) is 13.3. The molecule has 2 N–H and O–H groups in total. The summed E-state index contributed by atoms with van der Waals surface area (Å²) in [5.41, 5.74) is 5.69. The molecule has 0 bridgehead atoms. The van der Waals surface area contributed by atoms with Crippen molar-refractivity contribution < 1.29 is 23.9 Å². The average molecular weight is 399 g/mol. The van der Waals surface area contributed by atoms with E-state index in [0.29, 0.717) is 35.3 Å². The van der Waals surface area contributed by atoms with E-state index >= 15 is 0 Å². The summed E-state index contributed by atoms with van der Waals surface area (Å²) in [6.07, 6.45) is 1.46. The Morgan fingerprint density at radius 3 is 2.75 bits per heavy atom. The number of piperidine rings is 1. The number of rotatable bonds is 5. The molecule has 1 saturated heterocycles. The number of benzene rings is 1. The number of likely N-dealkylation sites (tertiary alicyclic amines) is 1. The van der Waals surface area contributed by atoms with Crippen molar-refractivity contribution in [1.29, 1.82) is 0 Å². The second-order valence-electron chi connectivity index (χ2n) is 5.51. The predicted octanol–water partition coefficient (Wildman–Crippen LogP) is 1.34. The Balaban J connectivity index is 1.94. The lowest BCUT2D eigenvalue weighted by atomic mass is 9.97. The molecule has 1 aromatic carbocycles. The van der Waals surface area contributed by atoms with E-state index in [-0.39, 0.29) is 24.3 Å². The fourth-order valence-electron chi connectivity index (χ4n) is 2.53. The summed E-state index contributed by atoms with van der Waals surface area (Å²) in [6, 6.07) is 4.71. The van der Waals surface area contributed by atoms with Crippen LogP contribution < -0.4 is 10.5 Å². The van der Waals surface area contributed by atoms with Gasteiger partial charge in [0.05, 0.1) is 23.1 Å². The number of ether oxygens (including phenoxy) is 2. The maximum Gasteiger partial charge on any atom is 0.337 e. The summed E-state index contributed by atoms with van der Waals surface area (Å²) in [7, 11) is 1.30. The van der Waals surface area contributed by atoms with Gasteiger partial charge in [0.25, 0.3) is 5.91 Å². The van der Waals surface area contributed by atoms with Gasteiger partial charge in [-0.1, -0.05) is 0 Å². The molecule has 1 unspecified atom stereocenters. The van der Waals surface area contributed by atoms with Crippen LogP contribution in [-0.2, 0) is 14.3 Å². The summed E-state index contributed by atoms with van der Waals surface area (Å²) in [6.45, 7) is 0.774. The van der Waals surface area contributed by atoms with Crippen LogP contribution in [0.1, 0.15) is 23.2 Å². The predicted molar refractivity (Wildman–Crippen MR) is 89.5 cm³/mol. The number of hydrogen-bond acceptors (Lipinski definition) is 5. The molecule has 24 heavy (non-hydrogen) atoms. The van der Waals surface area contributed by atoms with Gasteiger partial charge in [-0.15, -0.1) is 0 Å². The number of esters is 1. The highest BCUT2D eigenvalue weighted by molar-refractivity contribution is 9.10. The van der Waals surface area contributed by atoms with Crippen molar-refractivity contribution in [2.45, 2.75) is 12.8 Å². The van der Waals surface area contributed by atoms with Gasteiger partial charge >= 0.3 is 5.97 Å². The number of amides is 2. The largest absolute Gasteiger partial charge is 0.483 e. The fraction of sp³-hybridized carbons (Fsp3) is 0.438. The van der Waals surface area contributed by atoms with E-state index in [4.69, 9.17) is 10.5 Å². The van der Waals surface area contributed by atoms with Crippen LogP contribution in [0.4, 0.5) is 0 Å². The molecule has 130 valence electrons. The molecule has 7 nitrogen and oxygen atoms in total. The number of carbonyl (C=O) groups is 3. The first-order valence-corrected chi connectivity index (χ1v) is 8.29. The lowest BCUT2D eigenvalue weighted by Crippen LogP contribution is -2.45. The molecule has 8 heteroatoms. The van der Waals surface area contributed by atoms with Crippen LogP contribution in [0.15, 0.2) is 22.7 Å². The maximum absolute atomic E-state index is 12.2. The van der Waals surface area contributed by atoms with Crippen molar-refractivity contribution in [2.24, 2.45) is 11.7 Å². The number of methoxy groups -OCH3 is 1. The zero-order chi connectivity index (χ0) is 17.7. The number of hydrogen-bond donors (Lipinski definition) is 1. The highest BCUT2D eigenvalue weighted by atomic mass is 79.9. The van der Waals surface area contributed by atoms with E-state index in [1.165, 1.54) is 7.11 Å². The summed E-state index contributed by atoms with van der Waals surface area (Å²) in [4.78, 5) is 36.5. The second-order valence-corrected chi connectivity index (χ2v) is 6.36. The molecule has 0 aliphatic carbocycles. The minimum Gasteiger partial charge on any atom is -0.483 e. The molecule has 2 rings (SSSR count). The SMILES string of the molecule is COC(=O)c1ccc(OCC(=O)N2CCCC(C(N)=O)C2)c(Br)c1. The van der Waals surface area contributed by atoms with Gasteiger partial charge in [0, 0.05) is 13.1 Å². The molecule has 1 aliphatic rings. The van der Waals surface area contributed by atoms with E-state index in [1.807, 2.05) is 0 Å². The Morgan fingerprint density at radius 1 is 1.38 bits per heavy atom. The van der Waals surface area contributed by atoms with Gasteiger partial charge in [0.15, 0.2) is 6.61 Å². The first-order chi connectivity index (χ1) is 11.4. The van der Waals surface area contributed by atoms with Gasteiger partial charge in [-0.2, -0.15) is 0 Å². The van der Waals surface area contributed by atoms with Crippen LogP contribution in [-0.4, -0.2) is 49.5 Å². The first kappa shape index (κ1) is 18.3. The van der Waals surface area contributed by atoms with Gasteiger partial charge in [-0.05, 0) is 47.0 Å². The molecule has 1 heterocycles. The van der Waals surface area contributed by atoms with Gasteiger partial charge in [0.2, 0.25) is 5.91 Å². The van der Waals surface area contributed by atoms with E-state index in [0.717, 1.165) is 6.42 Å². The number of nitrogens with two attached hydrogens (primary N) is 1. The maximum atomic E-state index is 12.2. The van der Waals surface area contributed by atoms with Crippen LogP contribution in [0.25, 0.3) is 0 Å². The normalized spacial score (nSPS) is 17.2. The Labute approximate surface area is 148 Å². The monoisotopic (exact) mass is 398 g/mol. The summed E-state index contributed by atoms with van der Waals surface area (Å²) in [5, 5.41) is 0. The minimum absolute atomic E-state index is 0.151.